The number of carboxylic acid groups (broad SMARTS) is 1. The Bertz CT molecular complexity index is 1240. The molecule has 2 aromatic rings. The Labute approximate surface area is 234 Å². The summed E-state index contributed by atoms with van der Waals surface area (Å²) in [5.74, 6) is -0.423. The van der Waals surface area contributed by atoms with E-state index in [2.05, 4.69) is 0 Å². The highest BCUT2D eigenvalue weighted by atomic mass is 32.2. The molecule has 222 valence electrons. The summed E-state index contributed by atoms with van der Waals surface area (Å²) in [7, 11) is 1.81. The Morgan fingerprint density at radius 1 is 0.850 bits per heavy atom. The predicted octanol–water partition coefficient (Wildman–Crippen LogP) is 1.23. The van der Waals surface area contributed by atoms with Crippen LogP contribution in [0.3, 0.4) is 0 Å². The van der Waals surface area contributed by atoms with Gasteiger partial charge in [-0.1, -0.05) is 6.07 Å². The third-order valence-corrected chi connectivity index (χ3v) is 7.86. The minimum absolute atomic E-state index is 0.0714. The second-order valence-corrected chi connectivity index (χ2v) is 10.8. The van der Waals surface area contributed by atoms with E-state index in [0.29, 0.717) is 22.8 Å². The summed E-state index contributed by atoms with van der Waals surface area (Å²) in [5, 5.41) is 40.4. The molecule has 4 N–H and O–H groups in total. The van der Waals surface area contributed by atoms with Crippen LogP contribution in [0.4, 0.5) is 0 Å². The van der Waals surface area contributed by atoms with E-state index < -0.39 is 47.4 Å². The van der Waals surface area contributed by atoms with Crippen molar-refractivity contribution >= 4 is 21.9 Å². The molecule has 12 nitrogen and oxygen atoms in total. The molecule has 1 atom stereocenters. The van der Waals surface area contributed by atoms with E-state index in [1.54, 1.807) is 12.1 Å². The van der Waals surface area contributed by atoms with Crippen LogP contribution in [0.5, 0.6) is 23.0 Å². The average molecular weight is 585 g/mol. The van der Waals surface area contributed by atoms with Crippen molar-refractivity contribution < 1.29 is 57.1 Å². The number of nitrogens with zero attached hydrogens (tertiary/aromatic N) is 1. The number of sulfone groups is 1. The predicted molar refractivity (Wildman–Crippen MR) is 147 cm³/mol. The summed E-state index contributed by atoms with van der Waals surface area (Å²) in [5.41, 5.74) is 0.825. The van der Waals surface area contributed by atoms with Crippen LogP contribution in [-0.4, -0.2) is 107 Å². The maximum absolute atomic E-state index is 13.1. The number of ether oxygens (including phenoxy) is 4. The minimum Gasteiger partial charge on any atom is -0.496 e. The summed E-state index contributed by atoms with van der Waals surface area (Å²) in [6.07, 6.45) is 1.35. The number of aliphatic hydroxyl groups excluding tert-OH is 3. The molecule has 0 aliphatic carbocycles. The summed E-state index contributed by atoms with van der Waals surface area (Å²) in [6, 6.07) is 6.23. The monoisotopic (exact) mass is 584 g/mol. The van der Waals surface area contributed by atoms with E-state index in [9.17, 15) is 33.6 Å². The van der Waals surface area contributed by atoms with Gasteiger partial charge in [0.05, 0.1) is 65.1 Å². The topological polar surface area (TPSA) is 169 Å². The lowest BCUT2D eigenvalue weighted by atomic mass is 9.98. The molecule has 0 radical (unpaired) electrons. The average Bonchev–Trinajstić information content (AvgIpc) is 2.91. The Balaban J connectivity index is 2.56. The van der Waals surface area contributed by atoms with E-state index in [1.165, 1.54) is 52.7 Å². The quantitative estimate of drug-likeness (QED) is 0.197. The number of hydrogen-bond donors (Lipinski definition) is 4. The molecule has 0 bridgehead atoms. The first-order valence-corrected chi connectivity index (χ1v) is 14.1. The molecule has 0 heterocycles. The summed E-state index contributed by atoms with van der Waals surface area (Å²) in [6.45, 7) is -1.41. The number of methoxy groups -OCH3 is 4. The molecule has 40 heavy (non-hydrogen) atoms. The zero-order valence-corrected chi connectivity index (χ0v) is 23.9. The third-order valence-electron chi connectivity index (χ3n) is 6.57. The van der Waals surface area contributed by atoms with Crippen LogP contribution >= 0.6 is 0 Å². The highest BCUT2D eigenvalue weighted by molar-refractivity contribution is 7.93. The number of hydrogen-bond acceptors (Lipinski definition) is 10. The first-order chi connectivity index (χ1) is 19.0. The van der Waals surface area contributed by atoms with Crippen molar-refractivity contribution in [3.63, 3.8) is 0 Å². The van der Waals surface area contributed by atoms with Crippen LogP contribution in [0, 0.1) is 0 Å². The SMILES string of the molecule is COc1cc(OC)c(/C=C/S(=O)(=O)Cc2ccc(OC)c(C(C(=O)O)[N+](CCO)(CCO)CCO)c2)c(OC)c1. The number of aliphatic carboxylic acids is 1. The van der Waals surface area contributed by atoms with E-state index in [1.807, 2.05) is 0 Å². The Hall–Kier alpha value is -3.36. The number of carbonyl (C=O) groups is 1. The number of quaternary nitrogens is 1. The van der Waals surface area contributed by atoms with Crippen LogP contribution in [0.25, 0.3) is 6.08 Å². The first-order valence-electron chi connectivity index (χ1n) is 12.3. The van der Waals surface area contributed by atoms with Crippen LogP contribution in [0.2, 0.25) is 0 Å². The zero-order valence-electron chi connectivity index (χ0n) is 23.1. The molecule has 0 aromatic heterocycles. The second kappa shape index (κ2) is 14.9. The maximum Gasteiger partial charge on any atom is 0.367 e. The lowest BCUT2D eigenvalue weighted by Crippen LogP contribution is -2.57. The van der Waals surface area contributed by atoms with Gasteiger partial charge < -0.3 is 43.9 Å². The molecule has 0 spiro atoms. The number of benzene rings is 2. The minimum atomic E-state index is -3.88. The van der Waals surface area contributed by atoms with Gasteiger partial charge in [-0.25, -0.2) is 13.2 Å². The van der Waals surface area contributed by atoms with Gasteiger partial charge in [-0.3, -0.25) is 0 Å². The fraction of sp³-hybridized carbons (Fsp3) is 0.444. The van der Waals surface area contributed by atoms with Crippen molar-refractivity contribution in [2.75, 3.05) is 67.9 Å². The van der Waals surface area contributed by atoms with Gasteiger partial charge in [0.25, 0.3) is 0 Å². The largest absolute Gasteiger partial charge is 0.496 e. The summed E-state index contributed by atoms with van der Waals surface area (Å²) < 4.78 is 47.2. The van der Waals surface area contributed by atoms with Crippen LogP contribution in [-0.2, 0) is 20.4 Å². The zero-order chi connectivity index (χ0) is 29.9. The smallest absolute Gasteiger partial charge is 0.367 e. The molecule has 1 unspecified atom stereocenters. The normalized spacial score (nSPS) is 12.8. The van der Waals surface area contributed by atoms with Gasteiger partial charge in [-0.2, -0.15) is 0 Å². The van der Waals surface area contributed by atoms with Crippen molar-refractivity contribution in [2.24, 2.45) is 0 Å². The molecule has 0 saturated heterocycles. The molecular formula is C27H38NO11S+. The number of rotatable bonds is 17. The van der Waals surface area contributed by atoms with E-state index in [-0.39, 0.29) is 41.0 Å². The molecule has 0 saturated carbocycles. The van der Waals surface area contributed by atoms with Crippen LogP contribution in [0.1, 0.15) is 22.7 Å². The van der Waals surface area contributed by atoms with E-state index in [0.717, 1.165) is 5.41 Å². The van der Waals surface area contributed by atoms with E-state index >= 15 is 0 Å². The van der Waals surface area contributed by atoms with Crippen molar-refractivity contribution in [1.29, 1.82) is 0 Å². The van der Waals surface area contributed by atoms with Crippen LogP contribution in [0.15, 0.2) is 35.7 Å². The van der Waals surface area contributed by atoms with Crippen molar-refractivity contribution in [1.82, 2.24) is 0 Å². The van der Waals surface area contributed by atoms with Crippen molar-refractivity contribution in [2.45, 2.75) is 11.8 Å². The van der Waals surface area contributed by atoms with Crippen molar-refractivity contribution in [3.8, 4) is 23.0 Å². The van der Waals surface area contributed by atoms with E-state index in [4.69, 9.17) is 18.9 Å². The second-order valence-electron chi connectivity index (χ2n) is 8.93. The molecule has 0 amide bonds. The fourth-order valence-corrected chi connectivity index (χ4v) is 5.80. The van der Waals surface area contributed by atoms with Gasteiger partial charge in [0.2, 0.25) is 6.04 Å². The Morgan fingerprint density at radius 2 is 1.38 bits per heavy atom. The van der Waals surface area contributed by atoms with Crippen LogP contribution < -0.4 is 18.9 Å². The first kappa shape index (κ1) is 32.8. The standard InChI is InChI=1S/C27H37NO11S/c1-36-20-16-24(38-3)21(25(17-20)39-4)7-14-40(34,35)18-19-5-6-23(37-2)22(15-19)26(27(32)33)28(8-11-29,9-12-30)10-13-31/h5-7,14-17,26,29-31H,8-13,18H2,1-4H3/p+1/b14-7+. The number of carboxylic acids is 1. The third kappa shape index (κ3) is 7.86. The molecule has 0 aliphatic heterocycles. The summed E-state index contributed by atoms with van der Waals surface area (Å²) in [4.78, 5) is 12.6. The lowest BCUT2D eigenvalue weighted by molar-refractivity contribution is -0.949. The van der Waals surface area contributed by atoms with Gasteiger partial charge in [0.15, 0.2) is 9.84 Å². The van der Waals surface area contributed by atoms with Gasteiger partial charge in [0.1, 0.15) is 42.6 Å². The molecule has 2 rings (SSSR count). The fourth-order valence-electron chi connectivity index (χ4n) is 4.72. The molecular weight excluding hydrogens is 546 g/mol. The molecule has 0 fully saturated rings. The molecule has 2 aromatic carbocycles. The van der Waals surface area contributed by atoms with Gasteiger partial charge in [-0.05, 0) is 23.8 Å². The van der Waals surface area contributed by atoms with Gasteiger partial charge >= 0.3 is 5.97 Å². The highest BCUT2D eigenvalue weighted by Crippen LogP contribution is 2.37. The maximum atomic E-state index is 13.1. The lowest BCUT2D eigenvalue weighted by Gasteiger charge is -2.42. The Morgan fingerprint density at radius 3 is 1.80 bits per heavy atom. The van der Waals surface area contributed by atoms with Gasteiger partial charge in [0, 0.05) is 17.5 Å². The Kier molecular flexibility index (Phi) is 12.2. The van der Waals surface area contributed by atoms with Gasteiger partial charge in [-0.15, -0.1) is 0 Å². The number of aliphatic hydroxyl groups is 3. The highest BCUT2D eigenvalue weighted by Gasteiger charge is 2.44. The molecule has 0 aliphatic rings. The van der Waals surface area contributed by atoms with Crippen molar-refractivity contribution in [3.05, 3.63) is 52.4 Å². The summed E-state index contributed by atoms with van der Waals surface area (Å²) >= 11 is 0. The molecule has 13 heteroatoms.